The Balaban J connectivity index is 3.05. The number of nitrogens with one attached hydrogen (secondary N) is 1. The molecule has 1 rings (SSSR count). The third-order valence-corrected chi connectivity index (χ3v) is 3.29. The molecule has 1 aromatic rings. The number of anilines is 1. The molecule has 0 aliphatic carbocycles. The number of hydrogen-bond donors (Lipinski definition) is 2. The van der Waals surface area contributed by atoms with E-state index in [-0.39, 0.29) is 11.3 Å². The highest BCUT2D eigenvalue weighted by molar-refractivity contribution is 5.95. The van der Waals surface area contributed by atoms with Crippen LogP contribution in [0, 0.1) is 11.6 Å². The van der Waals surface area contributed by atoms with E-state index in [1.54, 1.807) is 0 Å². The monoisotopic (exact) mass is 256 g/mol. The second kappa shape index (κ2) is 5.33. The SMILES string of the molecule is CCC(C)(CC)NC(=O)c1cc(F)cc(N)c1F. The summed E-state index contributed by atoms with van der Waals surface area (Å²) in [6.45, 7) is 5.69. The number of benzene rings is 1. The third kappa shape index (κ3) is 2.97. The number of rotatable bonds is 4. The number of hydrogen-bond acceptors (Lipinski definition) is 2. The topological polar surface area (TPSA) is 55.1 Å². The molecule has 0 atom stereocenters. The molecule has 0 heterocycles. The summed E-state index contributed by atoms with van der Waals surface area (Å²) in [6, 6.07) is 1.71. The summed E-state index contributed by atoms with van der Waals surface area (Å²) in [6.07, 6.45) is 1.39. The highest BCUT2D eigenvalue weighted by Crippen LogP contribution is 2.20. The van der Waals surface area contributed by atoms with Gasteiger partial charge in [-0.1, -0.05) is 13.8 Å². The quantitative estimate of drug-likeness (QED) is 0.814. The zero-order valence-electron chi connectivity index (χ0n) is 10.8. The second-order valence-corrected chi connectivity index (χ2v) is 4.58. The highest BCUT2D eigenvalue weighted by atomic mass is 19.1. The van der Waals surface area contributed by atoms with Crippen molar-refractivity contribution < 1.29 is 13.6 Å². The summed E-state index contributed by atoms with van der Waals surface area (Å²) in [5.41, 5.74) is 4.13. The van der Waals surface area contributed by atoms with Crippen LogP contribution in [-0.2, 0) is 0 Å². The number of nitrogen functional groups attached to an aromatic ring is 1. The molecule has 0 spiro atoms. The Morgan fingerprint density at radius 1 is 1.33 bits per heavy atom. The Labute approximate surface area is 105 Å². The van der Waals surface area contributed by atoms with Crippen molar-refractivity contribution in [1.82, 2.24) is 5.32 Å². The van der Waals surface area contributed by atoms with E-state index in [1.807, 2.05) is 20.8 Å². The average molecular weight is 256 g/mol. The van der Waals surface area contributed by atoms with Crippen LogP contribution in [0.3, 0.4) is 0 Å². The molecule has 0 saturated carbocycles. The average Bonchev–Trinajstić information content (AvgIpc) is 2.33. The van der Waals surface area contributed by atoms with Crippen molar-refractivity contribution >= 4 is 11.6 Å². The fraction of sp³-hybridized carbons (Fsp3) is 0.462. The first kappa shape index (κ1) is 14.4. The summed E-state index contributed by atoms with van der Waals surface area (Å²) in [5.74, 6) is -2.26. The summed E-state index contributed by atoms with van der Waals surface area (Å²) in [7, 11) is 0. The van der Waals surface area contributed by atoms with Crippen molar-refractivity contribution in [3.8, 4) is 0 Å². The van der Waals surface area contributed by atoms with E-state index < -0.39 is 23.1 Å². The van der Waals surface area contributed by atoms with Crippen molar-refractivity contribution in [3.05, 3.63) is 29.3 Å². The van der Waals surface area contributed by atoms with Gasteiger partial charge in [0.25, 0.3) is 5.91 Å². The molecule has 3 N–H and O–H groups in total. The Morgan fingerprint density at radius 3 is 2.39 bits per heavy atom. The molecule has 0 bridgehead atoms. The highest BCUT2D eigenvalue weighted by Gasteiger charge is 2.25. The van der Waals surface area contributed by atoms with E-state index >= 15 is 0 Å². The standard InChI is InChI=1S/C13H18F2N2O/c1-4-13(3,5-2)17-12(18)9-6-8(14)7-10(16)11(9)15/h6-7H,4-5,16H2,1-3H3,(H,17,18). The lowest BCUT2D eigenvalue weighted by Gasteiger charge is -2.28. The van der Waals surface area contributed by atoms with Crippen molar-refractivity contribution in [1.29, 1.82) is 0 Å². The summed E-state index contributed by atoms with van der Waals surface area (Å²) < 4.78 is 26.8. The van der Waals surface area contributed by atoms with Gasteiger partial charge < -0.3 is 11.1 Å². The molecule has 0 aliphatic heterocycles. The normalized spacial score (nSPS) is 11.4. The van der Waals surface area contributed by atoms with Gasteiger partial charge in [-0.25, -0.2) is 8.78 Å². The molecule has 18 heavy (non-hydrogen) atoms. The molecule has 0 fully saturated rings. The fourth-order valence-corrected chi connectivity index (χ4v) is 1.54. The van der Waals surface area contributed by atoms with Crippen molar-refractivity contribution in [2.24, 2.45) is 0 Å². The van der Waals surface area contributed by atoms with Crippen LogP contribution in [0.25, 0.3) is 0 Å². The van der Waals surface area contributed by atoms with Gasteiger partial charge in [0.1, 0.15) is 5.82 Å². The van der Waals surface area contributed by atoms with Gasteiger partial charge in [0.2, 0.25) is 0 Å². The van der Waals surface area contributed by atoms with Crippen LogP contribution in [0.4, 0.5) is 14.5 Å². The van der Waals surface area contributed by atoms with Gasteiger partial charge in [-0.15, -0.1) is 0 Å². The number of nitrogens with two attached hydrogens (primary N) is 1. The van der Waals surface area contributed by atoms with Crippen molar-refractivity contribution in [2.75, 3.05) is 5.73 Å². The van der Waals surface area contributed by atoms with Crippen LogP contribution >= 0.6 is 0 Å². The zero-order chi connectivity index (χ0) is 13.9. The first-order valence-electron chi connectivity index (χ1n) is 5.90. The van der Waals surface area contributed by atoms with E-state index in [0.717, 1.165) is 12.1 Å². The molecular weight excluding hydrogens is 238 g/mol. The molecule has 5 heteroatoms. The molecule has 100 valence electrons. The molecule has 0 unspecified atom stereocenters. The van der Waals surface area contributed by atoms with E-state index in [1.165, 1.54) is 0 Å². The third-order valence-electron chi connectivity index (χ3n) is 3.29. The largest absolute Gasteiger partial charge is 0.396 e. The molecule has 0 aromatic heterocycles. The summed E-state index contributed by atoms with van der Waals surface area (Å²) in [4.78, 5) is 11.9. The predicted octanol–water partition coefficient (Wildman–Crippen LogP) is 2.86. The zero-order valence-corrected chi connectivity index (χ0v) is 10.8. The minimum absolute atomic E-state index is 0.361. The van der Waals surface area contributed by atoms with Crippen LogP contribution in [0.5, 0.6) is 0 Å². The predicted molar refractivity (Wildman–Crippen MR) is 67.2 cm³/mol. The van der Waals surface area contributed by atoms with Crippen LogP contribution in [0.2, 0.25) is 0 Å². The maximum atomic E-state index is 13.7. The minimum atomic E-state index is -0.886. The molecule has 0 aliphatic rings. The first-order valence-corrected chi connectivity index (χ1v) is 5.90. The van der Waals surface area contributed by atoms with Crippen LogP contribution in [0.15, 0.2) is 12.1 Å². The number of halogens is 2. The lowest BCUT2D eigenvalue weighted by Crippen LogP contribution is -2.45. The van der Waals surface area contributed by atoms with E-state index in [4.69, 9.17) is 5.73 Å². The molecule has 1 aromatic carbocycles. The van der Waals surface area contributed by atoms with E-state index in [0.29, 0.717) is 12.8 Å². The Morgan fingerprint density at radius 2 is 1.89 bits per heavy atom. The van der Waals surface area contributed by atoms with Crippen molar-refractivity contribution in [3.63, 3.8) is 0 Å². The van der Waals surface area contributed by atoms with E-state index in [2.05, 4.69) is 5.32 Å². The molecular formula is C13H18F2N2O. The first-order chi connectivity index (χ1) is 8.33. The van der Waals surface area contributed by atoms with Gasteiger partial charge in [0, 0.05) is 5.54 Å². The van der Waals surface area contributed by atoms with Crippen LogP contribution < -0.4 is 11.1 Å². The summed E-state index contributed by atoms with van der Waals surface area (Å²) >= 11 is 0. The molecule has 1 amide bonds. The second-order valence-electron chi connectivity index (χ2n) is 4.58. The Kier molecular flexibility index (Phi) is 4.27. The maximum absolute atomic E-state index is 13.7. The minimum Gasteiger partial charge on any atom is -0.396 e. The van der Waals surface area contributed by atoms with Crippen LogP contribution in [0.1, 0.15) is 44.0 Å². The number of carbonyl (C=O) groups excluding carboxylic acids is 1. The number of carbonyl (C=O) groups is 1. The van der Waals surface area contributed by atoms with Crippen LogP contribution in [-0.4, -0.2) is 11.4 Å². The molecule has 0 saturated heterocycles. The van der Waals surface area contributed by atoms with Gasteiger partial charge in [0.05, 0.1) is 11.3 Å². The summed E-state index contributed by atoms with van der Waals surface area (Å²) in [5, 5.41) is 2.70. The van der Waals surface area contributed by atoms with Gasteiger partial charge in [-0.05, 0) is 31.9 Å². The smallest absolute Gasteiger partial charge is 0.254 e. The van der Waals surface area contributed by atoms with Gasteiger partial charge in [-0.2, -0.15) is 0 Å². The molecule has 3 nitrogen and oxygen atoms in total. The van der Waals surface area contributed by atoms with Gasteiger partial charge in [0.15, 0.2) is 5.82 Å². The Hall–Kier alpha value is -1.65. The lowest BCUT2D eigenvalue weighted by atomic mass is 9.95. The van der Waals surface area contributed by atoms with Gasteiger partial charge >= 0.3 is 0 Å². The Bertz CT molecular complexity index is 457. The molecule has 0 radical (unpaired) electrons. The van der Waals surface area contributed by atoms with Gasteiger partial charge in [-0.3, -0.25) is 4.79 Å². The van der Waals surface area contributed by atoms with E-state index in [9.17, 15) is 13.6 Å². The lowest BCUT2D eigenvalue weighted by molar-refractivity contribution is 0.0896. The van der Waals surface area contributed by atoms with Crippen molar-refractivity contribution in [2.45, 2.75) is 39.2 Å². The number of amides is 1. The fourth-order valence-electron chi connectivity index (χ4n) is 1.54. The maximum Gasteiger partial charge on any atom is 0.254 e.